The van der Waals surface area contributed by atoms with Gasteiger partial charge in [-0.1, -0.05) is 35.8 Å². The first-order valence-corrected chi connectivity index (χ1v) is 8.64. The van der Waals surface area contributed by atoms with Gasteiger partial charge in [-0.2, -0.15) is 0 Å². The van der Waals surface area contributed by atoms with Gasteiger partial charge in [0, 0.05) is 8.04 Å². The van der Waals surface area contributed by atoms with Crippen LogP contribution in [0.3, 0.4) is 0 Å². The molecule has 0 aromatic heterocycles. The smallest absolute Gasteiger partial charge is 0.0242 e. The Morgan fingerprint density at radius 2 is 1.89 bits per heavy atom. The normalized spacial score (nSPS) is 12.4. The summed E-state index contributed by atoms with van der Waals surface area (Å²) in [5.41, 5.74) is 8.85. The summed E-state index contributed by atoms with van der Waals surface area (Å²) in [6.45, 7) is 4.49. The van der Waals surface area contributed by atoms with Gasteiger partial charge in [0.25, 0.3) is 0 Å². The van der Waals surface area contributed by atoms with E-state index in [9.17, 15) is 0 Å². The Hall–Kier alpha value is -0.350. The number of benzene rings is 2. The van der Waals surface area contributed by atoms with E-state index in [4.69, 9.17) is 0 Å². The van der Waals surface area contributed by atoms with Gasteiger partial charge in [-0.25, -0.2) is 0 Å². The van der Waals surface area contributed by atoms with Crippen LogP contribution < -0.4 is 0 Å². The van der Waals surface area contributed by atoms with E-state index in [1.54, 1.807) is 0 Å². The van der Waals surface area contributed by atoms with Crippen LogP contribution in [0.4, 0.5) is 0 Å². The van der Waals surface area contributed by atoms with Crippen LogP contribution in [0.2, 0.25) is 0 Å². The molecular weight excluding hydrogens is 411 g/mol. The largest absolute Gasteiger partial charge is 0.0613 e. The van der Waals surface area contributed by atoms with E-state index in [1.807, 2.05) is 0 Å². The second-order valence-corrected chi connectivity index (χ2v) is 7.08. The standard InChI is InChI=1S/C17H16BrI/c1-3-10-8-16-14-6-5-12(19)7-11(14)9-15(16)13(4-2)17(10)18/h5-8H,3-4,9H2,1-2H3. The Balaban J connectivity index is 2.28. The zero-order valence-electron chi connectivity index (χ0n) is 11.2. The Morgan fingerprint density at radius 1 is 1.11 bits per heavy atom. The van der Waals surface area contributed by atoms with Gasteiger partial charge in [0.05, 0.1) is 0 Å². The minimum atomic E-state index is 1.08. The third kappa shape index (κ3) is 2.17. The van der Waals surface area contributed by atoms with Crippen molar-refractivity contribution < 1.29 is 0 Å². The Kier molecular flexibility index (Phi) is 3.73. The van der Waals surface area contributed by atoms with Crippen molar-refractivity contribution in [2.75, 3.05) is 0 Å². The SMILES string of the molecule is CCc1cc2c(c(CC)c1Br)Cc1cc(I)ccc1-2. The molecule has 0 heterocycles. The van der Waals surface area contributed by atoms with E-state index in [0.29, 0.717) is 0 Å². The average Bonchev–Trinajstić information content (AvgIpc) is 2.74. The molecule has 1 aliphatic rings. The van der Waals surface area contributed by atoms with Gasteiger partial charge in [-0.3, -0.25) is 0 Å². The lowest BCUT2D eigenvalue weighted by Crippen LogP contribution is -1.97. The van der Waals surface area contributed by atoms with Crippen molar-refractivity contribution in [3.05, 3.63) is 54.6 Å². The highest BCUT2D eigenvalue weighted by Crippen LogP contribution is 2.43. The van der Waals surface area contributed by atoms with Crippen LogP contribution in [0.25, 0.3) is 11.1 Å². The van der Waals surface area contributed by atoms with Crippen molar-refractivity contribution in [1.29, 1.82) is 0 Å². The minimum absolute atomic E-state index is 1.08. The van der Waals surface area contributed by atoms with E-state index in [-0.39, 0.29) is 0 Å². The van der Waals surface area contributed by atoms with Crippen LogP contribution in [-0.2, 0) is 19.3 Å². The van der Waals surface area contributed by atoms with Crippen molar-refractivity contribution >= 4 is 38.5 Å². The fourth-order valence-corrected chi connectivity index (χ4v) is 4.51. The summed E-state index contributed by atoms with van der Waals surface area (Å²) in [5, 5.41) is 0. The second kappa shape index (κ2) is 5.21. The van der Waals surface area contributed by atoms with Gasteiger partial charge >= 0.3 is 0 Å². The van der Waals surface area contributed by atoms with Crippen LogP contribution in [0, 0.1) is 3.57 Å². The van der Waals surface area contributed by atoms with Gasteiger partial charge in [0.2, 0.25) is 0 Å². The van der Waals surface area contributed by atoms with Crippen LogP contribution in [0.1, 0.15) is 36.1 Å². The first kappa shape index (κ1) is 13.6. The number of fused-ring (bicyclic) bond motifs is 3. The fourth-order valence-electron chi connectivity index (χ4n) is 3.04. The molecule has 0 spiro atoms. The van der Waals surface area contributed by atoms with Crippen molar-refractivity contribution in [3.8, 4) is 11.1 Å². The van der Waals surface area contributed by atoms with Crippen molar-refractivity contribution in [3.63, 3.8) is 0 Å². The summed E-state index contributed by atoms with van der Waals surface area (Å²) in [6, 6.07) is 9.22. The zero-order chi connectivity index (χ0) is 13.6. The van der Waals surface area contributed by atoms with Gasteiger partial charge in [-0.05, 0) is 93.4 Å². The fraction of sp³-hybridized carbons (Fsp3) is 0.294. The quantitative estimate of drug-likeness (QED) is 0.457. The molecule has 0 bridgehead atoms. The molecule has 0 amide bonds. The van der Waals surface area contributed by atoms with Crippen molar-refractivity contribution in [2.45, 2.75) is 33.1 Å². The molecule has 2 heteroatoms. The maximum absolute atomic E-state index is 3.81. The maximum Gasteiger partial charge on any atom is 0.0242 e. The van der Waals surface area contributed by atoms with E-state index < -0.39 is 0 Å². The summed E-state index contributed by atoms with van der Waals surface area (Å²) >= 11 is 6.22. The molecule has 19 heavy (non-hydrogen) atoms. The van der Waals surface area contributed by atoms with Gasteiger partial charge in [0.1, 0.15) is 0 Å². The highest BCUT2D eigenvalue weighted by Gasteiger charge is 2.23. The molecule has 2 aromatic carbocycles. The second-order valence-electron chi connectivity index (χ2n) is 5.04. The summed E-state index contributed by atoms with van der Waals surface area (Å²) in [7, 11) is 0. The molecule has 1 aliphatic carbocycles. The molecule has 0 radical (unpaired) electrons. The first-order chi connectivity index (χ1) is 9.15. The summed E-state index contributed by atoms with van der Waals surface area (Å²) < 4.78 is 2.66. The zero-order valence-corrected chi connectivity index (χ0v) is 14.9. The van der Waals surface area contributed by atoms with Gasteiger partial charge in [-0.15, -0.1) is 0 Å². The number of hydrogen-bond donors (Lipinski definition) is 0. The van der Waals surface area contributed by atoms with Crippen LogP contribution >= 0.6 is 38.5 Å². The molecule has 0 nitrogen and oxygen atoms in total. The first-order valence-electron chi connectivity index (χ1n) is 6.77. The van der Waals surface area contributed by atoms with Crippen LogP contribution in [-0.4, -0.2) is 0 Å². The number of aryl methyl sites for hydroxylation is 1. The summed E-state index contributed by atoms with van der Waals surface area (Å²) in [4.78, 5) is 0. The Bertz CT molecular complexity index is 659. The van der Waals surface area contributed by atoms with Gasteiger partial charge < -0.3 is 0 Å². The third-order valence-electron chi connectivity index (χ3n) is 4.01. The molecule has 0 atom stereocenters. The molecule has 2 aromatic rings. The predicted molar refractivity (Wildman–Crippen MR) is 93.9 cm³/mol. The monoisotopic (exact) mass is 426 g/mol. The third-order valence-corrected chi connectivity index (χ3v) is 5.67. The van der Waals surface area contributed by atoms with Crippen molar-refractivity contribution in [2.24, 2.45) is 0 Å². The molecule has 98 valence electrons. The highest BCUT2D eigenvalue weighted by atomic mass is 127. The van der Waals surface area contributed by atoms with E-state index in [1.165, 1.54) is 41.4 Å². The lowest BCUT2D eigenvalue weighted by Gasteiger charge is -2.13. The molecule has 3 rings (SSSR count). The molecule has 0 saturated carbocycles. The minimum Gasteiger partial charge on any atom is -0.0613 e. The Labute approximate surface area is 136 Å². The van der Waals surface area contributed by atoms with Crippen LogP contribution in [0.15, 0.2) is 28.7 Å². The summed E-state index contributed by atoms with van der Waals surface area (Å²) in [6.07, 6.45) is 3.27. The summed E-state index contributed by atoms with van der Waals surface area (Å²) in [5.74, 6) is 0. The molecule has 0 fully saturated rings. The molecule has 0 saturated heterocycles. The topological polar surface area (TPSA) is 0 Å². The molecule has 0 aliphatic heterocycles. The molecule has 0 N–H and O–H groups in total. The number of hydrogen-bond acceptors (Lipinski definition) is 0. The predicted octanol–water partition coefficient (Wildman–Crippen LogP) is 5.75. The highest BCUT2D eigenvalue weighted by molar-refractivity contribution is 14.1. The maximum atomic E-state index is 3.81. The number of halogens is 2. The number of rotatable bonds is 2. The van der Waals surface area contributed by atoms with Gasteiger partial charge in [0.15, 0.2) is 0 Å². The Morgan fingerprint density at radius 3 is 2.58 bits per heavy atom. The van der Waals surface area contributed by atoms with Crippen molar-refractivity contribution in [1.82, 2.24) is 0 Å². The van der Waals surface area contributed by atoms with Crippen LogP contribution in [0.5, 0.6) is 0 Å². The van der Waals surface area contributed by atoms with E-state index >= 15 is 0 Å². The average molecular weight is 427 g/mol. The van der Waals surface area contributed by atoms with E-state index in [0.717, 1.165) is 19.3 Å². The molecular formula is C17H16BrI. The lowest BCUT2D eigenvalue weighted by atomic mass is 9.95. The van der Waals surface area contributed by atoms with E-state index in [2.05, 4.69) is 76.6 Å². The molecule has 0 unspecified atom stereocenters. The lowest BCUT2D eigenvalue weighted by molar-refractivity contribution is 1.04.